The monoisotopic (exact) mass is 435 g/mol. The number of hydrogen-bond donors (Lipinski definition) is 1. The second-order valence-electron chi connectivity index (χ2n) is 4.52. The first kappa shape index (κ1) is 16.3. The summed E-state index contributed by atoms with van der Waals surface area (Å²) in [6.07, 6.45) is 0. The molecule has 0 spiro atoms. The summed E-state index contributed by atoms with van der Waals surface area (Å²) in [6.45, 7) is 2.06. The van der Waals surface area contributed by atoms with Gasteiger partial charge in [-0.2, -0.15) is 0 Å². The first-order chi connectivity index (χ1) is 9.43. The SMILES string of the molecule is CNC(c1ccc(Cl)c(Cl)c1)c1cc(Br)c(C)cc1Br. The van der Waals surface area contributed by atoms with Gasteiger partial charge in [0.25, 0.3) is 0 Å². The Morgan fingerprint density at radius 1 is 1.00 bits per heavy atom. The fourth-order valence-electron chi connectivity index (χ4n) is 2.08. The van der Waals surface area contributed by atoms with Crippen LogP contribution in [0, 0.1) is 6.92 Å². The van der Waals surface area contributed by atoms with Gasteiger partial charge in [0.1, 0.15) is 0 Å². The molecule has 0 fully saturated rings. The lowest BCUT2D eigenvalue weighted by Crippen LogP contribution is -2.18. The second-order valence-corrected chi connectivity index (χ2v) is 7.04. The van der Waals surface area contributed by atoms with Crippen LogP contribution in [0.1, 0.15) is 22.7 Å². The molecule has 0 aromatic heterocycles. The zero-order valence-electron chi connectivity index (χ0n) is 11.0. The fourth-order valence-corrected chi connectivity index (χ4v) is 3.43. The number of aryl methyl sites for hydroxylation is 1. The van der Waals surface area contributed by atoms with Crippen molar-refractivity contribution in [2.75, 3.05) is 7.05 Å². The summed E-state index contributed by atoms with van der Waals surface area (Å²) in [4.78, 5) is 0. The summed E-state index contributed by atoms with van der Waals surface area (Å²) in [5.41, 5.74) is 3.39. The van der Waals surface area contributed by atoms with E-state index in [-0.39, 0.29) is 6.04 Å². The smallest absolute Gasteiger partial charge is 0.0595 e. The largest absolute Gasteiger partial charge is 0.309 e. The fraction of sp³-hybridized carbons (Fsp3) is 0.200. The van der Waals surface area contributed by atoms with Crippen molar-refractivity contribution in [2.45, 2.75) is 13.0 Å². The lowest BCUT2D eigenvalue weighted by Gasteiger charge is -2.20. The van der Waals surface area contributed by atoms with Gasteiger partial charge in [-0.25, -0.2) is 0 Å². The van der Waals surface area contributed by atoms with E-state index in [1.165, 1.54) is 5.56 Å². The highest BCUT2D eigenvalue weighted by Gasteiger charge is 2.17. The molecule has 1 nitrogen and oxygen atoms in total. The molecule has 0 amide bonds. The van der Waals surface area contributed by atoms with Crippen LogP contribution in [0.3, 0.4) is 0 Å². The van der Waals surface area contributed by atoms with Crippen LogP contribution in [0.2, 0.25) is 10.0 Å². The predicted octanol–water partition coefficient (Wildman–Crippen LogP) is 6.14. The molecule has 1 N–H and O–H groups in total. The zero-order chi connectivity index (χ0) is 14.9. The van der Waals surface area contributed by atoms with Crippen molar-refractivity contribution in [3.63, 3.8) is 0 Å². The van der Waals surface area contributed by atoms with Gasteiger partial charge in [-0.15, -0.1) is 0 Å². The van der Waals surface area contributed by atoms with E-state index in [0.29, 0.717) is 10.0 Å². The molecular weight excluding hydrogens is 425 g/mol. The summed E-state index contributed by atoms with van der Waals surface area (Å²) in [5, 5.41) is 4.44. The van der Waals surface area contributed by atoms with Crippen LogP contribution in [-0.2, 0) is 0 Å². The van der Waals surface area contributed by atoms with Crippen LogP contribution >= 0.6 is 55.1 Å². The number of halogens is 4. The van der Waals surface area contributed by atoms with Crippen LogP contribution in [0.25, 0.3) is 0 Å². The van der Waals surface area contributed by atoms with Crippen LogP contribution in [0.4, 0.5) is 0 Å². The van der Waals surface area contributed by atoms with E-state index in [9.17, 15) is 0 Å². The van der Waals surface area contributed by atoms with Crippen molar-refractivity contribution in [3.8, 4) is 0 Å². The molecule has 5 heteroatoms. The quantitative estimate of drug-likeness (QED) is 0.608. The summed E-state index contributed by atoms with van der Waals surface area (Å²) in [6, 6.07) is 9.95. The van der Waals surface area contributed by atoms with Gasteiger partial charge < -0.3 is 5.32 Å². The first-order valence-electron chi connectivity index (χ1n) is 6.01. The van der Waals surface area contributed by atoms with E-state index in [1.807, 2.05) is 25.2 Å². The molecule has 1 atom stereocenters. The molecule has 2 rings (SSSR count). The minimum absolute atomic E-state index is 0.0380. The highest BCUT2D eigenvalue weighted by atomic mass is 79.9. The highest BCUT2D eigenvalue weighted by molar-refractivity contribution is 9.11. The third-order valence-electron chi connectivity index (χ3n) is 3.15. The molecule has 0 radical (unpaired) electrons. The molecule has 0 bridgehead atoms. The molecule has 0 saturated carbocycles. The van der Waals surface area contributed by atoms with Crippen LogP contribution in [-0.4, -0.2) is 7.05 Å². The van der Waals surface area contributed by atoms with Gasteiger partial charge in [-0.05, 0) is 54.9 Å². The molecule has 106 valence electrons. The minimum Gasteiger partial charge on any atom is -0.309 e. The lowest BCUT2D eigenvalue weighted by molar-refractivity contribution is 0.688. The van der Waals surface area contributed by atoms with E-state index in [0.717, 1.165) is 20.1 Å². The van der Waals surface area contributed by atoms with Crippen LogP contribution in [0.15, 0.2) is 39.3 Å². The molecule has 0 aliphatic heterocycles. The van der Waals surface area contributed by atoms with E-state index in [4.69, 9.17) is 23.2 Å². The maximum atomic E-state index is 6.12. The van der Waals surface area contributed by atoms with Gasteiger partial charge in [-0.1, -0.05) is 61.1 Å². The standard InChI is InChI=1S/C15H13Br2Cl2N/c1-8-5-12(17)10(7-11(8)16)15(20-2)9-3-4-13(18)14(19)6-9/h3-7,15,20H,1-2H3. The Balaban J connectivity index is 2.52. The van der Waals surface area contributed by atoms with E-state index in [2.05, 4.69) is 56.2 Å². The van der Waals surface area contributed by atoms with E-state index in [1.54, 1.807) is 0 Å². The second kappa shape index (κ2) is 6.80. The Labute approximate surface area is 145 Å². The van der Waals surface area contributed by atoms with Crippen molar-refractivity contribution in [2.24, 2.45) is 0 Å². The molecule has 1 unspecified atom stereocenters. The average Bonchev–Trinajstić information content (AvgIpc) is 2.40. The molecule has 2 aromatic rings. The summed E-state index contributed by atoms with van der Waals surface area (Å²) < 4.78 is 2.14. The van der Waals surface area contributed by atoms with Gasteiger partial charge in [0.05, 0.1) is 16.1 Å². The maximum Gasteiger partial charge on any atom is 0.0595 e. The number of benzene rings is 2. The number of hydrogen-bond acceptors (Lipinski definition) is 1. The number of nitrogens with one attached hydrogen (secondary N) is 1. The highest BCUT2D eigenvalue weighted by Crippen LogP contribution is 2.34. The summed E-state index contributed by atoms with van der Waals surface area (Å²) in [7, 11) is 1.92. The van der Waals surface area contributed by atoms with E-state index < -0.39 is 0 Å². The Kier molecular flexibility index (Phi) is 5.55. The van der Waals surface area contributed by atoms with Crippen LogP contribution in [0.5, 0.6) is 0 Å². The summed E-state index contributed by atoms with van der Waals surface area (Å²) >= 11 is 19.3. The van der Waals surface area contributed by atoms with Crippen LogP contribution < -0.4 is 5.32 Å². The first-order valence-corrected chi connectivity index (χ1v) is 8.36. The normalized spacial score (nSPS) is 12.5. The molecule has 0 saturated heterocycles. The molecule has 2 aromatic carbocycles. The van der Waals surface area contributed by atoms with Crippen molar-refractivity contribution >= 4 is 55.1 Å². The van der Waals surface area contributed by atoms with Crippen molar-refractivity contribution in [1.82, 2.24) is 5.32 Å². The number of rotatable bonds is 3. The topological polar surface area (TPSA) is 12.0 Å². The Hall–Kier alpha value is -0.0600. The van der Waals surface area contributed by atoms with Gasteiger partial charge in [-0.3, -0.25) is 0 Å². The molecule has 0 aliphatic carbocycles. The van der Waals surface area contributed by atoms with Gasteiger partial charge in [0, 0.05) is 8.95 Å². The lowest BCUT2D eigenvalue weighted by atomic mass is 9.98. The third-order valence-corrected chi connectivity index (χ3v) is 5.43. The van der Waals surface area contributed by atoms with Crippen molar-refractivity contribution < 1.29 is 0 Å². The zero-order valence-corrected chi connectivity index (χ0v) is 15.7. The maximum absolute atomic E-state index is 6.12. The third kappa shape index (κ3) is 3.40. The Bertz CT molecular complexity index is 644. The van der Waals surface area contributed by atoms with E-state index >= 15 is 0 Å². The molecule has 20 heavy (non-hydrogen) atoms. The summed E-state index contributed by atoms with van der Waals surface area (Å²) in [5.74, 6) is 0. The van der Waals surface area contributed by atoms with Crippen molar-refractivity contribution in [3.05, 3.63) is 66.0 Å². The van der Waals surface area contributed by atoms with Crippen molar-refractivity contribution in [1.29, 1.82) is 0 Å². The average molecular weight is 438 g/mol. The Morgan fingerprint density at radius 2 is 1.70 bits per heavy atom. The molecule has 0 heterocycles. The molecule has 0 aliphatic rings. The van der Waals surface area contributed by atoms with Gasteiger partial charge in [0.2, 0.25) is 0 Å². The molecular formula is C15H13Br2Cl2N. The van der Waals surface area contributed by atoms with Gasteiger partial charge >= 0.3 is 0 Å². The minimum atomic E-state index is 0.0380. The van der Waals surface area contributed by atoms with Gasteiger partial charge in [0.15, 0.2) is 0 Å². The predicted molar refractivity (Wildman–Crippen MR) is 93.9 cm³/mol. The Morgan fingerprint density at radius 3 is 2.30 bits per heavy atom.